The molecule has 3 atom stereocenters. The highest BCUT2D eigenvalue weighted by Crippen LogP contribution is 2.49. The van der Waals surface area contributed by atoms with Gasteiger partial charge in [0.15, 0.2) is 0 Å². The number of carbonyl (C=O) groups is 2. The highest BCUT2D eigenvalue weighted by molar-refractivity contribution is 7.10. The minimum Gasteiger partial charge on any atom is -0.466 e. The number of nitrogens with zero attached hydrogens (tertiary/aromatic N) is 1. The van der Waals surface area contributed by atoms with Crippen LogP contribution in [-0.2, 0) is 24.6 Å². The molecule has 194 valence electrons. The van der Waals surface area contributed by atoms with Gasteiger partial charge in [0, 0.05) is 21.7 Å². The van der Waals surface area contributed by atoms with Crippen LogP contribution in [0.25, 0.3) is 11.3 Å². The molecule has 0 bridgehead atoms. The molecule has 0 spiro atoms. The van der Waals surface area contributed by atoms with E-state index in [9.17, 15) is 9.59 Å². The Labute approximate surface area is 230 Å². The molecule has 3 aromatic rings. The van der Waals surface area contributed by atoms with Gasteiger partial charge in [-0.2, -0.15) is 0 Å². The van der Waals surface area contributed by atoms with Crippen molar-refractivity contribution in [3.05, 3.63) is 85.8 Å². The lowest BCUT2D eigenvalue weighted by Crippen LogP contribution is -2.55. The number of rotatable bonds is 7. The van der Waals surface area contributed by atoms with Gasteiger partial charge in [0.05, 0.1) is 46.9 Å². The number of aromatic nitrogens is 1. The van der Waals surface area contributed by atoms with Crippen molar-refractivity contribution in [1.29, 1.82) is 0 Å². The first-order valence-electron chi connectivity index (χ1n) is 12.0. The van der Waals surface area contributed by atoms with E-state index in [0.717, 1.165) is 5.56 Å². The molecule has 0 amide bonds. The highest BCUT2D eigenvalue weighted by atomic mass is 35.5. The van der Waals surface area contributed by atoms with Gasteiger partial charge >= 0.3 is 11.9 Å². The molecule has 0 radical (unpaired) electrons. The van der Waals surface area contributed by atoms with Gasteiger partial charge in [0.25, 0.3) is 0 Å². The Morgan fingerprint density at radius 3 is 2.43 bits per heavy atom. The third-order valence-electron chi connectivity index (χ3n) is 6.52. The second-order valence-corrected chi connectivity index (χ2v) is 10.6. The molecule has 0 saturated carbocycles. The molecule has 1 aliphatic heterocycles. The molecule has 37 heavy (non-hydrogen) atoms. The van der Waals surface area contributed by atoms with Crippen LogP contribution in [0.15, 0.2) is 65.2 Å². The smallest absolute Gasteiger partial charge is 0.336 e. The minimum atomic E-state index is -0.887. The third kappa shape index (κ3) is 5.26. The zero-order valence-electron chi connectivity index (χ0n) is 21.0. The van der Waals surface area contributed by atoms with Crippen LogP contribution < -0.4 is 5.32 Å². The van der Waals surface area contributed by atoms with Crippen LogP contribution in [0.3, 0.4) is 0 Å². The second-order valence-electron chi connectivity index (χ2n) is 8.86. The van der Waals surface area contributed by atoms with Crippen molar-refractivity contribution >= 4 is 46.5 Å². The van der Waals surface area contributed by atoms with Crippen LogP contribution in [0.2, 0.25) is 10.0 Å². The van der Waals surface area contributed by atoms with Crippen molar-refractivity contribution in [3.8, 4) is 11.3 Å². The van der Waals surface area contributed by atoms with E-state index in [1.165, 1.54) is 11.3 Å². The van der Waals surface area contributed by atoms with Crippen molar-refractivity contribution in [2.24, 2.45) is 5.92 Å². The SMILES string of the molecule is CCOC(=O)C1=C(C)NC(C)(c2ccccc2)C(C(=O)OCC)C1c1nc(-c2ccc(Cl)cc2Cl)cs1. The number of hydrogen-bond acceptors (Lipinski definition) is 7. The van der Waals surface area contributed by atoms with E-state index in [1.54, 1.807) is 32.0 Å². The predicted molar refractivity (Wildman–Crippen MR) is 147 cm³/mol. The Morgan fingerprint density at radius 2 is 1.78 bits per heavy atom. The number of ether oxygens (including phenoxy) is 2. The molecule has 9 heteroatoms. The summed E-state index contributed by atoms with van der Waals surface area (Å²) in [7, 11) is 0. The molecule has 6 nitrogen and oxygen atoms in total. The Bertz CT molecular complexity index is 1340. The normalized spacial score (nSPS) is 21.4. The molecule has 1 aliphatic rings. The minimum absolute atomic E-state index is 0.200. The number of hydrogen-bond donors (Lipinski definition) is 1. The Morgan fingerprint density at radius 1 is 1.08 bits per heavy atom. The molecule has 2 heterocycles. The van der Waals surface area contributed by atoms with Gasteiger partial charge in [-0.05, 0) is 51.5 Å². The standard InChI is InChI=1S/C28H28Cl2N2O4S/c1-5-35-26(33)22-16(3)32-28(4,17-10-8-7-9-11-17)24(27(34)36-6-2)23(22)25-31-21(15-37-25)19-13-12-18(29)14-20(19)30/h7-15,23-24,32H,5-6H2,1-4H3. The zero-order chi connectivity index (χ0) is 26.7. The van der Waals surface area contributed by atoms with E-state index >= 15 is 0 Å². The topological polar surface area (TPSA) is 77.5 Å². The fourth-order valence-corrected chi connectivity index (χ4v) is 6.38. The molecule has 0 aliphatic carbocycles. The van der Waals surface area contributed by atoms with E-state index in [4.69, 9.17) is 37.7 Å². The number of carbonyl (C=O) groups excluding carboxylic acids is 2. The summed E-state index contributed by atoms with van der Waals surface area (Å²) in [6.07, 6.45) is 0. The third-order valence-corrected chi connectivity index (χ3v) is 8.00. The summed E-state index contributed by atoms with van der Waals surface area (Å²) in [6, 6.07) is 14.9. The van der Waals surface area contributed by atoms with E-state index in [1.807, 2.05) is 49.6 Å². The number of benzene rings is 2. The lowest BCUT2D eigenvalue weighted by atomic mass is 9.67. The maximum Gasteiger partial charge on any atom is 0.336 e. The zero-order valence-corrected chi connectivity index (χ0v) is 23.3. The summed E-state index contributed by atoms with van der Waals surface area (Å²) >= 11 is 13.9. The molecule has 1 aromatic heterocycles. The first-order chi connectivity index (χ1) is 17.7. The van der Waals surface area contributed by atoms with E-state index in [-0.39, 0.29) is 13.2 Å². The van der Waals surface area contributed by atoms with E-state index < -0.39 is 29.3 Å². The van der Waals surface area contributed by atoms with Crippen molar-refractivity contribution < 1.29 is 19.1 Å². The summed E-state index contributed by atoms with van der Waals surface area (Å²) in [5.74, 6) is -2.45. The van der Waals surface area contributed by atoms with Crippen LogP contribution in [0.4, 0.5) is 0 Å². The Hall–Kier alpha value is -2.87. The molecule has 0 fully saturated rings. The molecule has 2 aromatic carbocycles. The molecular formula is C28H28Cl2N2O4S. The molecule has 1 N–H and O–H groups in total. The predicted octanol–water partition coefficient (Wildman–Crippen LogP) is 6.74. The largest absolute Gasteiger partial charge is 0.466 e. The van der Waals surface area contributed by atoms with Crippen LogP contribution in [0.5, 0.6) is 0 Å². The Kier molecular flexibility index (Phi) is 8.26. The summed E-state index contributed by atoms with van der Waals surface area (Å²) < 4.78 is 11.0. The summed E-state index contributed by atoms with van der Waals surface area (Å²) in [4.78, 5) is 31.9. The summed E-state index contributed by atoms with van der Waals surface area (Å²) in [5.41, 5.74) is 2.32. The van der Waals surface area contributed by atoms with Crippen LogP contribution in [0, 0.1) is 5.92 Å². The summed E-state index contributed by atoms with van der Waals surface area (Å²) in [5, 5.41) is 6.90. The van der Waals surface area contributed by atoms with Gasteiger partial charge in [-0.3, -0.25) is 4.79 Å². The van der Waals surface area contributed by atoms with Crippen molar-refractivity contribution in [2.75, 3.05) is 13.2 Å². The molecule has 4 rings (SSSR count). The number of nitrogens with one attached hydrogen (secondary N) is 1. The highest BCUT2D eigenvalue weighted by Gasteiger charge is 2.54. The number of thiazole rings is 1. The second kappa shape index (κ2) is 11.3. The maximum atomic E-state index is 13.7. The summed E-state index contributed by atoms with van der Waals surface area (Å²) in [6.45, 7) is 7.69. The van der Waals surface area contributed by atoms with Gasteiger partial charge < -0.3 is 14.8 Å². The van der Waals surface area contributed by atoms with Crippen LogP contribution >= 0.6 is 34.5 Å². The van der Waals surface area contributed by atoms with Crippen molar-refractivity contribution in [2.45, 2.75) is 39.2 Å². The van der Waals surface area contributed by atoms with Gasteiger partial charge in [-0.15, -0.1) is 11.3 Å². The number of halogens is 2. The fraction of sp³-hybridized carbons (Fsp3) is 0.321. The quantitative estimate of drug-likeness (QED) is 0.323. The molecule has 3 unspecified atom stereocenters. The van der Waals surface area contributed by atoms with Crippen LogP contribution in [0.1, 0.15) is 44.2 Å². The van der Waals surface area contributed by atoms with Gasteiger partial charge in [0.2, 0.25) is 0 Å². The van der Waals surface area contributed by atoms with Crippen molar-refractivity contribution in [1.82, 2.24) is 10.3 Å². The maximum absolute atomic E-state index is 13.7. The fourth-order valence-electron chi connectivity index (χ4n) is 4.91. The van der Waals surface area contributed by atoms with Gasteiger partial charge in [-0.25, -0.2) is 9.78 Å². The lowest BCUT2D eigenvalue weighted by Gasteiger charge is -2.46. The number of allylic oxidation sites excluding steroid dienone is 1. The van der Waals surface area contributed by atoms with Crippen LogP contribution in [-0.4, -0.2) is 30.1 Å². The first-order valence-corrected chi connectivity index (χ1v) is 13.6. The number of esters is 2. The lowest BCUT2D eigenvalue weighted by molar-refractivity contribution is -0.152. The molecular weight excluding hydrogens is 531 g/mol. The average molecular weight is 560 g/mol. The molecule has 0 saturated heterocycles. The first kappa shape index (κ1) is 27.2. The monoisotopic (exact) mass is 558 g/mol. The average Bonchev–Trinajstić information content (AvgIpc) is 3.34. The Balaban J connectivity index is 1.93. The van der Waals surface area contributed by atoms with Crippen molar-refractivity contribution in [3.63, 3.8) is 0 Å². The van der Waals surface area contributed by atoms with Gasteiger partial charge in [-0.1, -0.05) is 53.5 Å². The van der Waals surface area contributed by atoms with E-state index in [2.05, 4.69) is 5.32 Å². The van der Waals surface area contributed by atoms with E-state index in [0.29, 0.717) is 37.6 Å². The van der Waals surface area contributed by atoms with Gasteiger partial charge in [0.1, 0.15) is 5.01 Å².